The molecular weight excluding hydrogens is 222 g/mol. The first kappa shape index (κ1) is 13.9. The highest BCUT2D eigenvalue weighted by atomic mass is 19.2. The van der Waals surface area contributed by atoms with Crippen molar-refractivity contribution in [2.75, 3.05) is 7.11 Å². The van der Waals surface area contributed by atoms with E-state index in [1.807, 2.05) is 0 Å². The minimum atomic E-state index is -0.891. The van der Waals surface area contributed by atoms with Gasteiger partial charge < -0.3 is 4.74 Å². The van der Waals surface area contributed by atoms with Crippen LogP contribution in [0.2, 0.25) is 0 Å². The first-order valence-corrected chi connectivity index (χ1v) is 5.92. The van der Waals surface area contributed by atoms with Crippen LogP contribution in [0, 0.1) is 17.0 Å². The maximum absolute atomic E-state index is 13.8. The lowest BCUT2D eigenvalue weighted by molar-refractivity contribution is 0.318. The summed E-state index contributed by atoms with van der Waals surface area (Å²) in [5, 5.41) is 0. The Morgan fingerprint density at radius 2 is 1.82 bits per heavy atom. The van der Waals surface area contributed by atoms with E-state index in [2.05, 4.69) is 20.8 Å². The van der Waals surface area contributed by atoms with Crippen LogP contribution in [0.4, 0.5) is 8.78 Å². The second kappa shape index (κ2) is 5.48. The van der Waals surface area contributed by atoms with Crippen molar-refractivity contribution in [2.45, 2.75) is 40.0 Å². The fraction of sp³-hybridized carbons (Fsp3) is 0.571. The molecule has 0 fully saturated rings. The molecular formula is C14H20F2O. The fourth-order valence-corrected chi connectivity index (χ4v) is 2.15. The summed E-state index contributed by atoms with van der Waals surface area (Å²) in [6.45, 7) is 6.23. The molecule has 1 aromatic rings. The minimum absolute atomic E-state index is 0.0172. The number of methoxy groups -OCH3 is 1. The monoisotopic (exact) mass is 242 g/mol. The third kappa shape index (κ3) is 3.42. The van der Waals surface area contributed by atoms with Gasteiger partial charge in [0.2, 0.25) is 5.82 Å². The lowest BCUT2D eigenvalue weighted by Crippen LogP contribution is -2.16. The Kier molecular flexibility index (Phi) is 4.49. The van der Waals surface area contributed by atoms with Crippen LogP contribution < -0.4 is 4.74 Å². The zero-order valence-electron chi connectivity index (χ0n) is 10.9. The molecule has 1 nitrogen and oxygen atoms in total. The standard InChI is InChI=1S/C14H20F2O/c1-5-8-14(2,3)9-10-6-7-11(17-4)13(16)12(10)15/h6-7H,5,8-9H2,1-4H3. The van der Waals surface area contributed by atoms with Crippen LogP contribution in [0.15, 0.2) is 12.1 Å². The molecule has 0 aliphatic rings. The normalized spacial score (nSPS) is 11.6. The largest absolute Gasteiger partial charge is 0.494 e. The predicted molar refractivity (Wildman–Crippen MR) is 65.3 cm³/mol. The molecule has 17 heavy (non-hydrogen) atoms. The fourth-order valence-electron chi connectivity index (χ4n) is 2.15. The van der Waals surface area contributed by atoms with E-state index in [1.165, 1.54) is 13.2 Å². The molecule has 0 bridgehead atoms. The number of ether oxygens (including phenoxy) is 1. The summed E-state index contributed by atoms with van der Waals surface area (Å²) >= 11 is 0. The summed E-state index contributed by atoms with van der Waals surface area (Å²) in [5.41, 5.74) is 0.401. The number of rotatable bonds is 5. The Hall–Kier alpha value is -1.12. The van der Waals surface area contributed by atoms with Crippen molar-refractivity contribution in [3.8, 4) is 5.75 Å². The van der Waals surface area contributed by atoms with Crippen LogP contribution in [-0.2, 0) is 6.42 Å². The van der Waals surface area contributed by atoms with Crippen molar-refractivity contribution in [1.29, 1.82) is 0 Å². The van der Waals surface area contributed by atoms with Gasteiger partial charge in [-0.15, -0.1) is 0 Å². The second-order valence-corrected chi connectivity index (χ2v) is 5.15. The van der Waals surface area contributed by atoms with Gasteiger partial charge in [-0.3, -0.25) is 0 Å². The third-order valence-electron chi connectivity index (χ3n) is 2.94. The van der Waals surface area contributed by atoms with Crippen molar-refractivity contribution in [3.05, 3.63) is 29.3 Å². The van der Waals surface area contributed by atoms with Crippen LogP contribution in [0.3, 0.4) is 0 Å². The summed E-state index contributed by atoms with van der Waals surface area (Å²) in [7, 11) is 1.33. The Morgan fingerprint density at radius 3 is 2.35 bits per heavy atom. The minimum Gasteiger partial charge on any atom is -0.494 e. The van der Waals surface area contributed by atoms with Crippen molar-refractivity contribution in [1.82, 2.24) is 0 Å². The molecule has 1 aromatic carbocycles. The van der Waals surface area contributed by atoms with E-state index in [0.29, 0.717) is 12.0 Å². The maximum atomic E-state index is 13.8. The first-order valence-electron chi connectivity index (χ1n) is 5.92. The molecule has 0 heterocycles. The molecule has 0 saturated heterocycles. The molecule has 3 heteroatoms. The van der Waals surface area contributed by atoms with Gasteiger partial charge in [0.05, 0.1) is 7.11 Å². The molecule has 0 saturated carbocycles. The summed E-state index contributed by atoms with van der Waals surface area (Å²) in [6, 6.07) is 3.09. The summed E-state index contributed by atoms with van der Waals surface area (Å²) in [6.07, 6.45) is 2.56. The van der Waals surface area contributed by atoms with Gasteiger partial charge in [-0.05, 0) is 29.9 Å². The summed E-state index contributed by atoms with van der Waals surface area (Å²) in [4.78, 5) is 0. The van der Waals surface area contributed by atoms with E-state index in [4.69, 9.17) is 4.74 Å². The Balaban J connectivity index is 2.97. The molecule has 0 N–H and O–H groups in total. The molecule has 0 aliphatic carbocycles. The quantitative estimate of drug-likeness (QED) is 0.746. The van der Waals surface area contributed by atoms with E-state index < -0.39 is 11.6 Å². The van der Waals surface area contributed by atoms with Gasteiger partial charge in [-0.25, -0.2) is 4.39 Å². The van der Waals surface area contributed by atoms with Gasteiger partial charge in [-0.1, -0.05) is 33.3 Å². The van der Waals surface area contributed by atoms with Crippen molar-refractivity contribution >= 4 is 0 Å². The SMILES string of the molecule is CCCC(C)(C)Cc1ccc(OC)c(F)c1F. The molecule has 0 aromatic heterocycles. The Morgan fingerprint density at radius 1 is 1.18 bits per heavy atom. The molecule has 0 atom stereocenters. The molecule has 0 aliphatic heterocycles. The zero-order valence-corrected chi connectivity index (χ0v) is 10.9. The van der Waals surface area contributed by atoms with E-state index in [-0.39, 0.29) is 11.2 Å². The van der Waals surface area contributed by atoms with Crippen molar-refractivity contribution in [2.24, 2.45) is 5.41 Å². The van der Waals surface area contributed by atoms with Gasteiger partial charge in [0, 0.05) is 0 Å². The smallest absolute Gasteiger partial charge is 0.200 e. The van der Waals surface area contributed by atoms with Crippen LogP contribution in [0.25, 0.3) is 0 Å². The van der Waals surface area contributed by atoms with Gasteiger partial charge in [0.25, 0.3) is 0 Å². The molecule has 0 spiro atoms. The summed E-state index contributed by atoms with van der Waals surface area (Å²) in [5.74, 6) is -1.72. The van der Waals surface area contributed by atoms with Crippen molar-refractivity contribution < 1.29 is 13.5 Å². The average molecular weight is 242 g/mol. The Labute approximate surface area is 102 Å². The highest BCUT2D eigenvalue weighted by molar-refractivity contribution is 5.31. The zero-order chi connectivity index (χ0) is 13.1. The average Bonchev–Trinajstić information content (AvgIpc) is 2.25. The summed E-state index contributed by atoms with van der Waals surface area (Å²) < 4.78 is 32.0. The predicted octanol–water partition coefficient (Wildman–Crippen LogP) is 4.34. The van der Waals surface area contributed by atoms with Gasteiger partial charge in [0.1, 0.15) is 0 Å². The van der Waals surface area contributed by atoms with Crippen LogP contribution in [-0.4, -0.2) is 7.11 Å². The third-order valence-corrected chi connectivity index (χ3v) is 2.94. The van der Waals surface area contributed by atoms with Crippen LogP contribution in [0.1, 0.15) is 39.2 Å². The molecule has 0 unspecified atom stereocenters. The number of halogens is 2. The van der Waals surface area contributed by atoms with Crippen LogP contribution in [0.5, 0.6) is 5.75 Å². The second-order valence-electron chi connectivity index (χ2n) is 5.15. The molecule has 1 rings (SSSR count). The molecule has 0 radical (unpaired) electrons. The van der Waals surface area contributed by atoms with Gasteiger partial charge in [0.15, 0.2) is 11.6 Å². The van der Waals surface area contributed by atoms with E-state index in [0.717, 1.165) is 12.8 Å². The number of benzene rings is 1. The van der Waals surface area contributed by atoms with Gasteiger partial charge >= 0.3 is 0 Å². The molecule has 0 amide bonds. The van der Waals surface area contributed by atoms with E-state index >= 15 is 0 Å². The van der Waals surface area contributed by atoms with E-state index in [1.54, 1.807) is 6.07 Å². The highest BCUT2D eigenvalue weighted by Crippen LogP contribution is 2.31. The molecule has 96 valence electrons. The number of hydrogen-bond acceptors (Lipinski definition) is 1. The lowest BCUT2D eigenvalue weighted by atomic mass is 9.81. The van der Waals surface area contributed by atoms with Crippen LogP contribution >= 0.6 is 0 Å². The first-order chi connectivity index (χ1) is 7.91. The maximum Gasteiger partial charge on any atom is 0.200 e. The highest BCUT2D eigenvalue weighted by Gasteiger charge is 2.22. The lowest BCUT2D eigenvalue weighted by Gasteiger charge is -2.24. The number of hydrogen-bond donors (Lipinski definition) is 0. The Bertz CT molecular complexity index is 386. The van der Waals surface area contributed by atoms with Crippen molar-refractivity contribution in [3.63, 3.8) is 0 Å². The van der Waals surface area contributed by atoms with E-state index in [9.17, 15) is 8.78 Å². The topological polar surface area (TPSA) is 9.23 Å². The van der Waals surface area contributed by atoms with Gasteiger partial charge in [-0.2, -0.15) is 4.39 Å².